The second kappa shape index (κ2) is 10.3. The zero-order valence-electron chi connectivity index (χ0n) is 21.1. The summed E-state index contributed by atoms with van der Waals surface area (Å²) in [6, 6.07) is 27.4. The highest BCUT2D eigenvalue weighted by molar-refractivity contribution is 7.92. The molecule has 0 saturated heterocycles. The third-order valence-corrected chi connectivity index (χ3v) is 8.49. The zero-order valence-corrected chi connectivity index (χ0v) is 21.9. The summed E-state index contributed by atoms with van der Waals surface area (Å²) in [6.45, 7) is 4.18. The van der Waals surface area contributed by atoms with E-state index < -0.39 is 22.1 Å². The van der Waals surface area contributed by atoms with Crippen molar-refractivity contribution in [3.05, 3.63) is 130 Å². The van der Waals surface area contributed by atoms with Crippen molar-refractivity contribution >= 4 is 27.5 Å². The van der Waals surface area contributed by atoms with Gasteiger partial charge in [0.15, 0.2) is 6.10 Å². The zero-order chi connectivity index (χ0) is 26.9. The molecule has 0 fully saturated rings. The topological polar surface area (TPSA) is 80.8 Å². The van der Waals surface area contributed by atoms with Crippen LogP contribution in [0, 0.1) is 13.8 Å². The van der Waals surface area contributed by atoms with Crippen LogP contribution in [0.5, 0.6) is 0 Å². The van der Waals surface area contributed by atoms with Gasteiger partial charge in [0, 0.05) is 17.7 Å². The Morgan fingerprint density at radius 3 is 2.16 bits per heavy atom. The molecule has 0 aromatic heterocycles. The highest BCUT2D eigenvalue weighted by Gasteiger charge is 2.32. The summed E-state index contributed by atoms with van der Waals surface area (Å²) < 4.78 is 34.1. The summed E-state index contributed by atoms with van der Waals surface area (Å²) in [5, 5.41) is 0. The molecule has 4 aromatic rings. The number of anilines is 1. The number of rotatable bonds is 7. The number of nitrogens with zero attached hydrogens (tertiary/aromatic N) is 1. The summed E-state index contributed by atoms with van der Waals surface area (Å²) in [5.41, 5.74) is 4.61. The summed E-state index contributed by atoms with van der Waals surface area (Å²) in [6.07, 6.45) is -0.562. The molecule has 4 aromatic carbocycles. The molecule has 0 spiro atoms. The predicted octanol–water partition coefficient (Wildman–Crippen LogP) is 5.84. The number of esters is 1. The number of carbonyl (C=O) groups is 2. The summed E-state index contributed by atoms with van der Waals surface area (Å²) >= 11 is 0. The van der Waals surface area contributed by atoms with Gasteiger partial charge in [-0.25, -0.2) is 13.2 Å². The van der Waals surface area contributed by atoms with Gasteiger partial charge >= 0.3 is 5.97 Å². The summed E-state index contributed by atoms with van der Waals surface area (Å²) in [5.74, 6) is -1.14. The van der Waals surface area contributed by atoms with Gasteiger partial charge in [0.2, 0.25) is 5.78 Å². The van der Waals surface area contributed by atoms with Crippen molar-refractivity contribution in [2.45, 2.75) is 31.3 Å². The Bertz CT molecular complexity index is 1610. The Labute approximate surface area is 222 Å². The van der Waals surface area contributed by atoms with E-state index in [0.29, 0.717) is 29.8 Å². The lowest BCUT2D eigenvalue weighted by Gasteiger charge is -2.20. The van der Waals surface area contributed by atoms with E-state index in [4.69, 9.17) is 4.74 Å². The smallest absolute Gasteiger partial charge is 0.339 e. The van der Waals surface area contributed by atoms with E-state index >= 15 is 0 Å². The maximum Gasteiger partial charge on any atom is 0.339 e. The van der Waals surface area contributed by atoms with Gasteiger partial charge in [-0.05, 0) is 50.1 Å². The number of para-hydroxylation sites is 1. The lowest BCUT2D eigenvalue weighted by Crippen LogP contribution is -2.29. The quantitative estimate of drug-likeness (QED) is 0.224. The van der Waals surface area contributed by atoms with Crippen molar-refractivity contribution in [1.29, 1.82) is 0 Å². The van der Waals surface area contributed by atoms with Crippen molar-refractivity contribution in [3.63, 3.8) is 0 Å². The van der Waals surface area contributed by atoms with Gasteiger partial charge in [0.25, 0.3) is 10.0 Å². The van der Waals surface area contributed by atoms with E-state index in [2.05, 4.69) is 0 Å². The standard InChI is InChI=1S/C31H27NO5S/c1-21-10-14-24(15-11-21)29(33)30(25-16-12-22(2)13-17-25)37-31(34)26-7-5-8-27(20-26)38(35,36)32-19-18-23-6-3-4-9-28(23)32/h3-17,20,30H,18-19H2,1-2H3/t30-/m0/s1. The van der Waals surface area contributed by atoms with E-state index in [1.807, 2.05) is 50.2 Å². The molecule has 5 rings (SSSR count). The Kier molecular flexibility index (Phi) is 6.87. The number of ether oxygens (including phenoxy) is 1. The number of hydrogen-bond acceptors (Lipinski definition) is 5. The first-order valence-corrected chi connectivity index (χ1v) is 13.8. The van der Waals surface area contributed by atoms with Crippen molar-refractivity contribution in [1.82, 2.24) is 0 Å². The van der Waals surface area contributed by atoms with Crippen LogP contribution in [0.4, 0.5) is 5.69 Å². The van der Waals surface area contributed by atoms with Gasteiger partial charge in [0.05, 0.1) is 16.1 Å². The molecule has 0 amide bonds. The fourth-order valence-electron chi connectivity index (χ4n) is 4.53. The molecule has 1 aliphatic rings. The van der Waals surface area contributed by atoms with Gasteiger partial charge in [-0.15, -0.1) is 0 Å². The highest BCUT2D eigenvalue weighted by atomic mass is 32.2. The molecule has 0 radical (unpaired) electrons. The minimum absolute atomic E-state index is 0.0135. The van der Waals surface area contributed by atoms with E-state index in [9.17, 15) is 18.0 Å². The molecule has 0 unspecified atom stereocenters. The number of fused-ring (bicyclic) bond motifs is 1. The van der Waals surface area contributed by atoms with Crippen molar-refractivity contribution in [2.24, 2.45) is 0 Å². The van der Waals surface area contributed by atoms with E-state index in [1.54, 1.807) is 36.4 Å². The second-order valence-electron chi connectivity index (χ2n) is 9.41. The van der Waals surface area contributed by atoms with E-state index in [0.717, 1.165) is 16.7 Å². The lowest BCUT2D eigenvalue weighted by molar-refractivity contribution is 0.0279. The molecule has 1 aliphatic heterocycles. The number of Topliss-reactive ketones (excluding diaryl/α,β-unsaturated/α-hetero) is 1. The van der Waals surface area contributed by atoms with Crippen molar-refractivity contribution in [2.75, 3.05) is 10.8 Å². The van der Waals surface area contributed by atoms with Gasteiger partial charge < -0.3 is 4.74 Å². The molecule has 0 aliphatic carbocycles. The van der Waals surface area contributed by atoms with Crippen LogP contribution in [0.25, 0.3) is 0 Å². The maximum absolute atomic E-state index is 13.5. The Hall–Kier alpha value is -4.23. The van der Waals surface area contributed by atoms with Crippen molar-refractivity contribution < 1.29 is 22.7 Å². The van der Waals surface area contributed by atoms with E-state index in [-0.39, 0.29) is 16.2 Å². The minimum Gasteiger partial charge on any atom is -0.445 e. The normalized spacial score (nSPS) is 13.6. The fourth-order valence-corrected chi connectivity index (χ4v) is 6.08. The van der Waals surface area contributed by atoms with Gasteiger partial charge in [0.1, 0.15) is 0 Å². The summed E-state index contributed by atoms with van der Waals surface area (Å²) in [7, 11) is -3.90. The lowest BCUT2D eigenvalue weighted by atomic mass is 9.98. The van der Waals surface area contributed by atoms with Gasteiger partial charge in [-0.2, -0.15) is 0 Å². The first-order chi connectivity index (χ1) is 18.2. The first kappa shape index (κ1) is 25.4. The Morgan fingerprint density at radius 1 is 0.789 bits per heavy atom. The van der Waals surface area contributed by atoms with Gasteiger partial charge in [-0.3, -0.25) is 9.10 Å². The average Bonchev–Trinajstić information content (AvgIpc) is 3.37. The summed E-state index contributed by atoms with van der Waals surface area (Å²) in [4.78, 5) is 26.7. The van der Waals surface area contributed by atoms with Crippen LogP contribution in [0.3, 0.4) is 0 Å². The van der Waals surface area contributed by atoms with Crippen LogP contribution in [0.15, 0.2) is 102 Å². The Morgan fingerprint density at radius 2 is 1.45 bits per heavy atom. The molecular weight excluding hydrogens is 498 g/mol. The number of sulfonamides is 1. The molecule has 192 valence electrons. The predicted molar refractivity (Wildman–Crippen MR) is 146 cm³/mol. The molecule has 1 atom stereocenters. The monoisotopic (exact) mass is 525 g/mol. The van der Waals surface area contributed by atoms with Crippen molar-refractivity contribution in [3.8, 4) is 0 Å². The molecule has 38 heavy (non-hydrogen) atoms. The molecule has 1 heterocycles. The SMILES string of the molecule is Cc1ccc(C(=O)[C@@H](OC(=O)c2cccc(S(=O)(=O)N3CCc4ccccc43)c2)c2ccc(C)cc2)cc1. The highest BCUT2D eigenvalue weighted by Crippen LogP contribution is 2.33. The molecule has 7 heteroatoms. The number of ketones is 1. The third-order valence-electron chi connectivity index (χ3n) is 6.68. The van der Waals surface area contributed by atoms with Gasteiger partial charge in [-0.1, -0.05) is 83.9 Å². The number of hydrogen-bond donors (Lipinski definition) is 0. The van der Waals surface area contributed by atoms with Crippen LogP contribution in [-0.4, -0.2) is 26.7 Å². The number of benzene rings is 4. The second-order valence-corrected chi connectivity index (χ2v) is 11.3. The third kappa shape index (κ3) is 4.97. The van der Waals surface area contributed by atoms with Crippen LogP contribution >= 0.6 is 0 Å². The minimum atomic E-state index is -3.90. The van der Waals surface area contributed by atoms with Crippen LogP contribution < -0.4 is 4.31 Å². The molecule has 0 N–H and O–H groups in total. The molecule has 0 saturated carbocycles. The maximum atomic E-state index is 13.5. The molecule has 6 nitrogen and oxygen atoms in total. The fraction of sp³-hybridized carbons (Fsp3) is 0.161. The largest absolute Gasteiger partial charge is 0.445 e. The molecular formula is C31H27NO5S. The first-order valence-electron chi connectivity index (χ1n) is 12.3. The van der Waals surface area contributed by atoms with Crippen LogP contribution in [0.1, 0.15) is 49.1 Å². The number of aryl methyl sites for hydroxylation is 2. The van der Waals surface area contributed by atoms with Crippen LogP contribution in [-0.2, 0) is 21.2 Å². The van der Waals surface area contributed by atoms with Crippen LogP contribution in [0.2, 0.25) is 0 Å². The van der Waals surface area contributed by atoms with E-state index in [1.165, 1.54) is 28.6 Å². The average molecular weight is 526 g/mol. The Balaban J connectivity index is 1.45. The number of carbonyl (C=O) groups excluding carboxylic acids is 2. The molecule has 0 bridgehead atoms.